The van der Waals surface area contributed by atoms with Crippen LogP contribution in [0.4, 0.5) is 5.69 Å². The third-order valence-electron chi connectivity index (χ3n) is 4.39. The van der Waals surface area contributed by atoms with Gasteiger partial charge in [-0.2, -0.15) is 5.26 Å². The van der Waals surface area contributed by atoms with Gasteiger partial charge in [-0.05, 0) is 29.8 Å². The monoisotopic (exact) mass is 337 g/mol. The Bertz CT molecular complexity index is 946. The van der Waals surface area contributed by atoms with E-state index in [0.29, 0.717) is 16.3 Å². The quantitative estimate of drug-likeness (QED) is 0.836. The molecule has 0 radical (unpaired) electrons. The number of allylic oxidation sites excluding steroid dienone is 1. The van der Waals surface area contributed by atoms with E-state index in [9.17, 15) is 10.1 Å². The molecule has 0 aromatic heterocycles. The molecule has 2 aromatic rings. The summed E-state index contributed by atoms with van der Waals surface area (Å²) in [5, 5.41) is 13.0. The number of para-hydroxylation sites is 1. The zero-order chi connectivity index (χ0) is 16.8. The third kappa shape index (κ3) is 2.04. The van der Waals surface area contributed by atoms with Crippen LogP contribution in [0.2, 0.25) is 5.02 Å². The Kier molecular flexibility index (Phi) is 3.22. The number of amides is 1. The molecule has 118 valence electrons. The Morgan fingerprint density at radius 1 is 1.17 bits per heavy atom. The molecule has 0 bridgehead atoms. The molecule has 0 saturated carbocycles. The summed E-state index contributed by atoms with van der Waals surface area (Å²) in [4.78, 5) is 12.6. The third-order valence-corrected chi connectivity index (χ3v) is 4.63. The van der Waals surface area contributed by atoms with Gasteiger partial charge in [0.25, 0.3) is 0 Å². The maximum atomic E-state index is 12.6. The minimum Gasteiger partial charge on any atom is -0.440 e. The van der Waals surface area contributed by atoms with Gasteiger partial charge >= 0.3 is 0 Å². The standard InChI is InChI=1S/C18H12ClN3O2/c19-9-5-6-14-11(7-9)15(12(8-20)17(21)24-14)16-10-3-1-2-4-13(10)22-18(16)23/h1-7,15-16H,21H2,(H,22,23)/t15-,16+/m1/s1. The summed E-state index contributed by atoms with van der Waals surface area (Å²) < 4.78 is 5.55. The predicted molar refractivity (Wildman–Crippen MR) is 89.5 cm³/mol. The van der Waals surface area contributed by atoms with E-state index >= 15 is 0 Å². The van der Waals surface area contributed by atoms with Gasteiger partial charge in [-0.15, -0.1) is 0 Å². The van der Waals surface area contributed by atoms with Crippen molar-refractivity contribution < 1.29 is 9.53 Å². The second-order valence-corrected chi connectivity index (χ2v) is 6.14. The van der Waals surface area contributed by atoms with Crippen LogP contribution in [0.5, 0.6) is 5.75 Å². The SMILES string of the molecule is N#CC1=C(N)Oc2ccc(Cl)cc2[C@H]1[C@H]1C(=O)Nc2ccccc21. The lowest BCUT2D eigenvalue weighted by Crippen LogP contribution is -2.27. The van der Waals surface area contributed by atoms with Crippen molar-refractivity contribution in [3.63, 3.8) is 0 Å². The maximum absolute atomic E-state index is 12.6. The summed E-state index contributed by atoms with van der Waals surface area (Å²) in [6.07, 6.45) is 0. The summed E-state index contributed by atoms with van der Waals surface area (Å²) >= 11 is 6.13. The summed E-state index contributed by atoms with van der Waals surface area (Å²) in [5.41, 5.74) is 8.44. The van der Waals surface area contributed by atoms with Crippen LogP contribution in [-0.4, -0.2) is 5.91 Å². The van der Waals surface area contributed by atoms with Gasteiger partial charge in [-0.25, -0.2) is 0 Å². The molecule has 2 aliphatic heterocycles. The number of nitrogens with two attached hydrogens (primary N) is 1. The molecule has 6 heteroatoms. The Hall–Kier alpha value is -2.97. The number of nitrogens with one attached hydrogen (secondary N) is 1. The van der Waals surface area contributed by atoms with E-state index < -0.39 is 11.8 Å². The highest BCUT2D eigenvalue weighted by Gasteiger charge is 2.43. The van der Waals surface area contributed by atoms with Gasteiger partial charge in [0.2, 0.25) is 11.8 Å². The fourth-order valence-corrected chi connectivity index (χ4v) is 3.55. The minimum absolute atomic E-state index is 0.0227. The number of carbonyl (C=O) groups excluding carboxylic acids is 1. The highest BCUT2D eigenvalue weighted by Crippen LogP contribution is 2.50. The van der Waals surface area contributed by atoms with Crippen LogP contribution in [0, 0.1) is 11.3 Å². The lowest BCUT2D eigenvalue weighted by molar-refractivity contribution is -0.117. The van der Waals surface area contributed by atoms with E-state index in [1.807, 2.05) is 24.3 Å². The zero-order valence-electron chi connectivity index (χ0n) is 12.4. The van der Waals surface area contributed by atoms with Crippen LogP contribution < -0.4 is 15.8 Å². The molecule has 2 heterocycles. The van der Waals surface area contributed by atoms with Gasteiger partial charge < -0.3 is 15.8 Å². The van der Waals surface area contributed by atoms with Crippen LogP contribution in [0.1, 0.15) is 23.0 Å². The molecule has 2 aliphatic rings. The summed E-state index contributed by atoms with van der Waals surface area (Å²) in [6, 6.07) is 14.6. The second kappa shape index (κ2) is 5.29. The van der Waals surface area contributed by atoms with Crippen molar-refractivity contribution in [3.05, 3.63) is 70.1 Å². The van der Waals surface area contributed by atoms with E-state index in [0.717, 1.165) is 11.3 Å². The van der Waals surface area contributed by atoms with Crippen molar-refractivity contribution in [2.75, 3.05) is 5.32 Å². The number of rotatable bonds is 1. The van der Waals surface area contributed by atoms with Crippen LogP contribution in [0.3, 0.4) is 0 Å². The first-order valence-electron chi connectivity index (χ1n) is 7.37. The number of anilines is 1. The van der Waals surface area contributed by atoms with E-state index in [4.69, 9.17) is 22.1 Å². The molecule has 24 heavy (non-hydrogen) atoms. The second-order valence-electron chi connectivity index (χ2n) is 5.71. The molecule has 5 nitrogen and oxygen atoms in total. The molecule has 0 fully saturated rings. The first-order valence-corrected chi connectivity index (χ1v) is 7.75. The molecule has 0 saturated heterocycles. The summed E-state index contributed by atoms with van der Waals surface area (Å²) in [7, 11) is 0. The Morgan fingerprint density at radius 2 is 1.96 bits per heavy atom. The Morgan fingerprint density at radius 3 is 2.75 bits per heavy atom. The normalized spacial score (nSPS) is 21.4. The molecule has 3 N–H and O–H groups in total. The smallest absolute Gasteiger partial charge is 0.233 e. The molecule has 2 aromatic carbocycles. The van der Waals surface area contributed by atoms with Crippen molar-refractivity contribution in [1.82, 2.24) is 0 Å². The molecule has 0 unspecified atom stereocenters. The van der Waals surface area contributed by atoms with E-state index in [1.54, 1.807) is 18.2 Å². The summed E-state index contributed by atoms with van der Waals surface area (Å²) in [5.74, 6) is -0.737. The van der Waals surface area contributed by atoms with Crippen molar-refractivity contribution in [1.29, 1.82) is 5.26 Å². The number of carbonyl (C=O) groups is 1. The first-order chi connectivity index (χ1) is 11.6. The van der Waals surface area contributed by atoms with Gasteiger partial charge in [0.05, 0.1) is 11.5 Å². The average molecular weight is 338 g/mol. The predicted octanol–water partition coefficient (Wildman–Crippen LogP) is 3.25. The van der Waals surface area contributed by atoms with Gasteiger partial charge in [0.15, 0.2) is 0 Å². The number of ether oxygens (including phenoxy) is 1. The lowest BCUT2D eigenvalue weighted by Gasteiger charge is -2.29. The van der Waals surface area contributed by atoms with Crippen molar-refractivity contribution in [3.8, 4) is 11.8 Å². The van der Waals surface area contributed by atoms with Crippen LogP contribution in [0.25, 0.3) is 0 Å². The highest BCUT2D eigenvalue weighted by atomic mass is 35.5. The Balaban J connectivity index is 1.95. The minimum atomic E-state index is -0.560. The number of hydrogen-bond donors (Lipinski definition) is 2. The number of hydrogen-bond acceptors (Lipinski definition) is 4. The number of fused-ring (bicyclic) bond motifs is 2. The summed E-state index contributed by atoms with van der Waals surface area (Å²) in [6.45, 7) is 0. The molecule has 2 atom stereocenters. The van der Waals surface area contributed by atoms with E-state index in [1.165, 1.54) is 0 Å². The molecule has 0 spiro atoms. The fourth-order valence-electron chi connectivity index (χ4n) is 3.37. The fraction of sp³-hybridized carbons (Fsp3) is 0.111. The molecule has 4 rings (SSSR count). The molecule has 0 aliphatic carbocycles. The Labute approximate surface area is 143 Å². The van der Waals surface area contributed by atoms with Gasteiger partial charge in [-0.3, -0.25) is 4.79 Å². The van der Waals surface area contributed by atoms with E-state index in [2.05, 4.69) is 11.4 Å². The lowest BCUT2D eigenvalue weighted by atomic mass is 9.76. The average Bonchev–Trinajstić information content (AvgIpc) is 2.89. The highest BCUT2D eigenvalue weighted by molar-refractivity contribution is 6.30. The van der Waals surface area contributed by atoms with Crippen molar-refractivity contribution >= 4 is 23.2 Å². The number of benzene rings is 2. The van der Waals surface area contributed by atoms with Crippen molar-refractivity contribution in [2.24, 2.45) is 5.73 Å². The number of nitrogens with zero attached hydrogens (tertiary/aromatic N) is 1. The molecule has 1 amide bonds. The molecular formula is C18H12ClN3O2. The van der Waals surface area contributed by atoms with Gasteiger partial charge in [0, 0.05) is 22.2 Å². The van der Waals surface area contributed by atoms with Crippen LogP contribution >= 0.6 is 11.6 Å². The zero-order valence-corrected chi connectivity index (χ0v) is 13.2. The number of nitriles is 1. The maximum Gasteiger partial charge on any atom is 0.233 e. The van der Waals surface area contributed by atoms with Gasteiger partial charge in [0.1, 0.15) is 11.8 Å². The first kappa shape index (κ1) is 14.6. The van der Waals surface area contributed by atoms with Gasteiger partial charge in [-0.1, -0.05) is 29.8 Å². The number of halogens is 1. The van der Waals surface area contributed by atoms with Crippen LogP contribution in [-0.2, 0) is 4.79 Å². The van der Waals surface area contributed by atoms with E-state index in [-0.39, 0.29) is 17.4 Å². The largest absolute Gasteiger partial charge is 0.440 e. The van der Waals surface area contributed by atoms with Crippen LogP contribution in [0.15, 0.2) is 53.9 Å². The van der Waals surface area contributed by atoms with Crippen molar-refractivity contribution in [2.45, 2.75) is 11.8 Å². The molecular weight excluding hydrogens is 326 g/mol. The topological polar surface area (TPSA) is 88.1 Å².